The van der Waals surface area contributed by atoms with Gasteiger partial charge in [0.05, 0.1) is 11.8 Å². The van der Waals surface area contributed by atoms with Crippen molar-refractivity contribution in [3.63, 3.8) is 0 Å². The van der Waals surface area contributed by atoms with Crippen molar-refractivity contribution in [2.75, 3.05) is 0 Å². The number of halogens is 1. The van der Waals surface area contributed by atoms with E-state index in [0.29, 0.717) is 16.8 Å². The molecule has 0 aliphatic rings. The van der Waals surface area contributed by atoms with E-state index in [9.17, 15) is 9.18 Å². The van der Waals surface area contributed by atoms with E-state index < -0.39 is 0 Å². The second kappa shape index (κ2) is 5.77. The second-order valence-electron chi connectivity index (χ2n) is 4.93. The summed E-state index contributed by atoms with van der Waals surface area (Å²) in [5.41, 5.74) is 2.46. The highest BCUT2D eigenvalue weighted by Gasteiger charge is 2.12. The highest BCUT2D eigenvalue weighted by Crippen LogP contribution is 2.30. The molecule has 0 unspecified atom stereocenters. The Balaban J connectivity index is 2.09. The second-order valence-corrected chi connectivity index (χ2v) is 5.81. The molecular formula is C16H15FN2OS. The van der Waals surface area contributed by atoms with Crippen LogP contribution >= 0.6 is 11.3 Å². The Bertz CT molecular complexity index is 820. The number of nitrogens with zero attached hydrogens (tertiary/aromatic N) is 2. The van der Waals surface area contributed by atoms with E-state index in [1.54, 1.807) is 23.0 Å². The molecule has 0 aliphatic carbocycles. The molecule has 0 amide bonds. The zero-order valence-electron chi connectivity index (χ0n) is 11.7. The monoisotopic (exact) mass is 302 g/mol. The predicted octanol–water partition coefficient (Wildman–Crippen LogP) is 4.06. The lowest BCUT2D eigenvalue weighted by molar-refractivity contribution is 0.609. The van der Waals surface area contributed by atoms with Gasteiger partial charge in [-0.25, -0.2) is 9.37 Å². The molecule has 3 nitrogen and oxygen atoms in total. The largest absolute Gasteiger partial charge is 0.298 e. The Hall–Kier alpha value is -2.01. The third-order valence-electron chi connectivity index (χ3n) is 3.45. The zero-order chi connectivity index (χ0) is 14.8. The number of aromatic nitrogens is 2. The van der Waals surface area contributed by atoms with E-state index in [4.69, 9.17) is 0 Å². The number of fused-ring (bicyclic) bond motifs is 1. The molecule has 3 rings (SSSR count). The lowest BCUT2D eigenvalue weighted by Gasteiger charge is -2.04. The standard InChI is InChI=1S/C16H15FN2OS/c1-2-3-8-19-10-18-14-13(9-21-15(14)16(19)20)11-4-6-12(17)7-5-11/h4-7,9-10H,2-3,8H2,1H3. The van der Waals surface area contributed by atoms with Gasteiger partial charge in [-0.15, -0.1) is 11.3 Å². The third-order valence-corrected chi connectivity index (χ3v) is 4.41. The number of thiophene rings is 1. The van der Waals surface area contributed by atoms with Gasteiger partial charge in [0.15, 0.2) is 0 Å². The van der Waals surface area contributed by atoms with Gasteiger partial charge in [-0.05, 0) is 24.1 Å². The smallest absolute Gasteiger partial charge is 0.271 e. The van der Waals surface area contributed by atoms with E-state index in [0.717, 1.165) is 24.0 Å². The number of hydrogen-bond donors (Lipinski definition) is 0. The minimum atomic E-state index is -0.270. The molecule has 0 saturated carbocycles. The maximum atomic E-state index is 13.0. The average molecular weight is 302 g/mol. The first-order valence-electron chi connectivity index (χ1n) is 6.93. The molecule has 108 valence electrons. The number of unbranched alkanes of at least 4 members (excludes halogenated alkanes) is 1. The van der Waals surface area contributed by atoms with Gasteiger partial charge in [-0.3, -0.25) is 9.36 Å². The molecule has 1 aromatic carbocycles. The first-order chi connectivity index (χ1) is 10.2. The summed E-state index contributed by atoms with van der Waals surface area (Å²) in [4.78, 5) is 16.8. The van der Waals surface area contributed by atoms with Crippen LogP contribution in [0, 0.1) is 5.82 Å². The molecule has 21 heavy (non-hydrogen) atoms. The van der Waals surface area contributed by atoms with Crippen LogP contribution in [0.5, 0.6) is 0 Å². The molecule has 0 aliphatic heterocycles. The zero-order valence-corrected chi connectivity index (χ0v) is 12.5. The molecule has 0 spiro atoms. The van der Waals surface area contributed by atoms with Crippen LogP contribution in [0.3, 0.4) is 0 Å². The van der Waals surface area contributed by atoms with E-state index in [2.05, 4.69) is 11.9 Å². The van der Waals surface area contributed by atoms with Gasteiger partial charge >= 0.3 is 0 Å². The van der Waals surface area contributed by atoms with Crippen molar-refractivity contribution in [1.82, 2.24) is 9.55 Å². The van der Waals surface area contributed by atoms with Crippen molar-refractivity contribution >= 4 is 21.6 Å². The molecule has 5 heteroatoms. The molecular weight excluding hydrogens is 287 g/mol. The van der Waals surface area contributed by atoms with Gasteiger partial charge < -0.3 is 0 Å². The van der Waals surface area contributed by atoms with Crippen molar-refractivity contribution < 1.29 is 4.39 Å². The van der Waals surface area contributed by atoms with Crippen molar-refractivity contribution in [3.05, 3.63) is 52.1 Å². The normalized spacial score (nSPS) is 11.1. The molecule has 0 saturated heterocycles. The van der Waals surface area contributed by atoms with Crippen LogP contribution in [0.1, 0.15) is 19.8 Å². The lowest BCUT2D eigenvalue weighted by Crippen LogP contribution is -2.19. The Labute approximate surface area is 125 Å². The molecule has 2 heterocycles. The fraction of sp³-hybridized carbons (Fsp3) is 0.250. The first-order valence-corrected chi connectivity index (χ1v) is 7.81. The minimum absolute atomic E-state index is 0.00631. The number of hydrogen-bond acceptors (Lipinski definition) is 3. The maximum Gasteiger partial charge on any atom is 0.271 e. The van der Waals surface area contributed by atoms with Crippen LogP contribution < -0.4 is 5.56 Å². The summed E-state index contributed by atoms with van der Waals surface area (Å²) < 4.78 is 15.3. The Morgan fingerprint density at radius 1 is 1.29 bits per heavy atom. The average Bonchev–Trinajstić information content (AvgIpc) is 2.92. The van der Waals surface area contributed by atoms with Gasteiger partial charge in [-0.1, -0.05) is 25.5 Å². The topological polar surface area (TPSA) is 34.9 Å². The van der Waals surface area contributed by atoms with Crippen LogP contribution in [0.4, 0.5) is 4.39 Å². The van der Waals surface area contributed by atoms with E-state index in [1.807, 2.05) is 5.38 Å². The molecule has 0 radical (unpaired) electrons. The summed E-state index contributed by atoms with van der Waals surface area (Å²) in [5.74, 6) is -0.270. The molecule has 2 aromatic heterocycles. The lowest BCUT2D eigenvalue weighted by atomic mass is 10.1. The van der Waals surface area contributed by atoms with Gasteiger partial charge in [0, 0.05) is 17.5 Å². The van der Waals surface area contributed by atoms with Crippen LogP contribution in [0.15, 0.2) is 40.8 Å². The first kappa shape index (κ1) is 13.9. The molecule has 0 bridgehead atoms. The van der Waals surface area contributed by atoms with Crippen molar-refractivity contribution in [1.29, 1.82) is 0 Å². The quantitative estimate of drug-likeness (QED) is 0.728. The fourth-order valence-electron chi connectivity index (χ4n) is 2.26. The van der Waals surface area contributed by atoms with Gasteiger partial charge in [-0.2, -0.15) is 0 Å². The molecule has 3 aromatic rings. The van der Waals surface area contributed by atoms with Crippen molar-refractivity contribution in [2.24, 2.45) is 0 Å². The number of rotatable bonds is 4. The van der Waals surface area contributed by atoms with E-state index in [1.165, 1.54) is 23.5 Å². The summed E-state index contributed by atoms with van der Waals surface area (Å²) in [7, 11) is 0. The minimum Gasteiger partial charge on any atom is -0.298 e. The number of benzene rings is 1. The predicted molar refractivity (Wildman–Crippen MR) is 84.2 cm³/mol. The van der Waals surface area contributed by atoms with Crippen LogP contribution in [-0.4, -0.2) is 9.55 Å². The molecule has 0 N–H and O–H groups in total. The SMILES string of the molecule is CCCCn1cnc2c(-c3ccc(F)cc3)csc2c1=O. The van der Waals surface area contributed by atoms with Crippen molar-refractivity contribution in [3.8, 4) is 11.1 Å². The number of aryl methyl sites for hydroxylation is 1. The summed E-state index contributed by atoms with van der Waals surface area (Å²) in [6.07, 6.45) is 3.61. The molecule has 0 atom stereocenters. The van der Waals surface area contributed by atoms with E-state index >= 15 is 0 Å². The summed E-state index contributed by atoms with van der Waals surface area (Å²) >= 11 is 1.40. The summed E-state index contributed by atoms with van der Waals surface area (Å²) in [6, 6.07) is 6.25. The van der Waals surface area contributed by atoms with Crippen molar-refractivity contribution in [2.45, 2.75) is 26.3 Å². The summed E-state index contributed by atoms with van der Waals surface area (Å²) in [5, 5.41) is 1.91. The van der Waals surface area contributed by atoms with E-state index in [-0.39, 0.29) is 11.4 Å². The Kier molecular flexibility index (Phi) is 3.84. The molecule has 0 fully saturated rings. The highest BCUT2D eigenvalue weighted by atomic mass is 32.1. The Morgan fingerprint density at radius 3 is 2.76 bits per heavy atom. The summed E-state index contributed by atoms with van der Waals surface area (Å²) in [6.45, 7) is 2.79. The van der Waals surface area contributed by atoms with Gasteiger partial charge in [0.2, 0.25) is 0 Å². The van der Waals surface area contributed by atoms with Crippen LogP contribution in [0.25, 0.3) is 21.3 Å². The van der Waals surface area contributed by atoms with Crippen LogP contribution in [0.2, 0.25) is 0 Å². The van der Waals surface area contributed by atoms with Crippen LogP contribution in [-0.2, 0) is 6.54 Å². The van der Waals surface area contributed by atoms with Gasteiger partial charge in [0.25, 0.3) is 5.56 Å². The third kappa shape index (κ3) is 2.61. The Morgan fingerprint density at radius 2 is 2.05 bits per heavy atom. The fourth-order valence-corrected chi connectivity index (χ4v) is 3.24. The maximum absolute atomic E-state index is 13.0. The van der Waals surface area contributed by atoms with Gasteiger partial charge in [0.1, 0.15) is 10.5 Å². The highest BCUT2D eigenvalue weighted by molar-refractivity contribution is 7.17.